The van der Waals surface area contributed by atoms with Gasteiger partial charge in [0, 0.05) is 0 Å². The van der Waals surface area contributed by atoms with Gasteiger partial charge in [-0.1, -0.05) is 0 Å². The molecular formula is C10H26GeN2. The molecule has 0 fully saturated rings. The van der Waals surface area contributed by atoms with E-state index in [0.29, 0.717) is 4.25 Å². The molecule has 0 radical (unpaired) electrons. The van der Waals surface area contributed by atoms with Gasteiger partial charge in [0.1, 0.15) is 0 Å². The van der Waals surface area contributed by atoms with Crippen molar-refractivity contribution in [3.63, 3.8) is 0 Å². The Kier molecular flexibility index (Phi) is 4.48. The normalized spacial score (nSPS) is 14.3. The molecule has 0 rings (SSSR count). The van der Waals surface area contributed by atoms with Gasteiger partial charge in [0.25, 0.3) is 0 Å². The molecule has 0 N–H and O–H groups in total. The standard InChI is InChI=1S/C10H26GeN2/c1-9-11(12(5)6,13(7)8)10(2,3)4/h9H2,1-8H3. The quantitative estimate of drug-likeness (QED) is 0.706. The van der Waals surface area contributed by atoms with Crippen molar-refractivity contribution in [1.29, 1.82) is 0 Å². The third-order valence-corrected chi connectivity index (χ3v) is 16.5. The van der Waals surface area contributed by atoms with Crippen molar-refractivity contribution in [2.75, 3.05) is 28.2 Å². The molecule has 0 aromatic carbocycles. The summed E-state index contributed by atoms with van der Waals surface area (Å²) in [6, 6.07) is 0. The number of nitrogens with zero attached hydrogens (tertiary/aromatic N) is 2. The molecule has 0 spiro atoms. The van der Waals surface area contributed by atoms with Crippen molar-refractivity contribution < 1.29 is 0 Å². The van der Waals surface area contributed by atoms with Crippen LogP contribution in [0.4, 0.5) is 0 Å². The maximum atomic E-state index is 2.51. The summed E-state index contributed by atoms with van der Waals surface area (Å²) in [6.45, 7) is 9.49. The zero-order chi connectivity index (χ0) is 10.9. The molecule has 13 heavy (non-hydrogen) atoms. The Bertz CT molecular complexity index is 151. The van der Waals surface area contributed by atoms with E-state index in [4.69, 9.17) is 0 Å². The second-order valence-corrected chi connectivity index (χ2v) is 17.0. The van der Waals surface area contributed by atoms with Gasteiger partial charge in [-0.3, -0.25) is 0 Å². The minimum atomic E-state index is -2.02. The summed E-state index contributed by atoms with van der Waals surface area (Å²) >= 11 is -2.02. The van der Waals surface area contributed by atoms with Crippen molar-refractivity contribution in [3.8, 4) is 0 Å². The van der Waals surface area contributed by atoms with Crippen LogP contribution >= 0.6 is 0 Å². The van der Waals surface area contributed by atoms with Crippen LogP contribution in [0.25, 0.3) is 0 Å². The number of hydrogen-bond acceptors (Lipinski definition) is 2. The fourth-order valence-electron chi connectivity index (χ4n) is 2.90. The average Bonchev–Trinajstić information content (AvgIpc) is 1.83. The molecule has 0 aliphatic heterocycles. The average molecular weight is 247 g/mol. The molecule has 0 bridgehead atoms. The predicted octanol–water partition coefficient (Wildman–Crippen LogP) is 2.37. The molecule has 3 heteroatoms. The van der Waals surface area contributed by atoms with E-state index in [1.54, 1.807) is 0 Å². The van der Waals surface area contributed by atoms with E-state index in [-0.39, 0.29) is 0 Å². The maximum absolute atomic E-state index is 2.51. The monoisotopic (exact) mass is 248 g/mol. The molecule has 0 atom stereocenters. The van der Waals surface area contributed by atoms with Gasteiger partial charge < -0.3 is 0 Å². The first-order valence-electron chi connectivity index (χ1n) is 5.05. The van der Waals surface area contributed by atoms with Crippen molar-refractivity contribution in [2.45, 2.75) is 37.2 Å². The Hall–Kier alpha value is 0.463. The van der Waals surface area contributed by atoms with Gasteiger partial charge in [-0.25, -0.2) is 0 Å². The molecule has 0 aromatic rings. The summed E-state index contributed by atoms with van der Waals surface area (Å²) in [6.07, 6.45) is 0. The summed E-state index contributed by atoms with van der Waals surface area (Å²) in [5.74, 6) is 0. The van der Waals surface area contributed by atoms with Crippen molar-refractivity contribution in [3.05, 3.63) is 0 Å². The fraction of sp³-hybridized carbons (Fsp3) is 1.00. The summed E-state index contributed by atoms with van der Waals surface area (Å²) in [7, 11) is 8.98. The van der Waals surface area contributed by atoms with Gasteiger partial charge in [-0.2, -0.15) is 0 Å². The van der Waals surface area contributed by atoms with Gasteiger partial charge in [0.15, 0.2) is 0 Å². The van der Waals surface area contributed by atoms with Gasteiger partial charge in [0.05, 0.1) is 0 Å². The summed E-state index contributed by atoms with van der Waals surface area (Å²) in [4.78, 5) is 0. The van der Waals surface area contributed by atoms with Crippen molar-refractivity contribution >= 4 is 13.7 Å². The second-order valence-electron chi connectivity index (χ2n) is 5.21. The predicted molar refractivity (Wildman–Crippen MR) is 63.3 cm³/mol. The molecule has 0 aliphatic carbocycles. The fourth-order valence-corrected chi connectivity index (χ4v) is 15.1. The van der Waals surface area contributed by atoms with Gasteiger partial charge in [-0.15, -0.1) is 0 Å². The van der Waals surface area contributed by atoms with Crippen LogP contribution in [-0.4, -0.2) is 49.6 Å². The molecule has 0 aliphatic rings. The molecule has 80 valence electrons. The van der Waals surface area contributed by atoms with Crippen molar-refractivity contribution in [2.24, 2.45) is 0 Å². The van der Waals surface area contributed by atoms with E-state index in [1.165, 1.54) is 5.25 Å². The van der Waals surface area contributed by atoms with Crippen LogP contribution in [0.15, 0.2) is 0 Å². The Balaban J connectivity index is 5.12. The zero-order valence-electron chi connectivity index (χ0n) is 10.6. The molecule has 0 unspecified atom stereocenters. The van der Waals surface area contributed by atoms with E-state index in [1.807, 2.05) is 0 Å². The van der Waals surface area contributed by atoms with Crippen LogP contribution < -0.4 is 0 Å². The van der Waals surface area contributed by atoms with E-state index in [0.717, 1.165) is 0 Å². The van der Waals surface area contributed by atoms with E-state index in [9.17, 15) is 0 Å². The first kappa shape index (κ1) is 13.5. The van der Waals surface area contributed by atoms with Crippen LogP contribution in [0.3, 0.4) is 0 Å². The summed E-state index contributed by atoms with van der Waals surface area (Å²) in [5.41, 5.74) is 0. The Labute approximate surface area is 87.1 Å². The van der Waals surface area contributed by atoms with Gasteiger partial charge in [0.2, 0.25) is 0 Å². The molecule has 0 amide bonds. The Morgan fingerprint density at radius 3 is 1.23 bits per heavy atom. The molecule has 2 nitrogen and oxygen atoms in total. The van der Waals surface area contributed by atoms with Crippen LogP contribution in [0.5, 0.6) is 0 Å². The molecule has 0 heterocycles. The van der Waals surface area contributed by atoms with E-state index < -0.39 is 13.7 Å². The first-order valence-corrected chi connectivity index (χ1v) is 9.46. The number of rotatable bonds is 3. The van der Waals surface area contributed by atoms with Gasteiger partial charge >= 0.3 is 86.8 Å². The summed E-state index contributed by atoms with van der Waals surface area (Å²) < 4.78 is 5.47. The van der Waals surface area contributed by atoms with Gasteiger partial charge in [-0.05, 0) is 0 Å². The minimum absolute atomic E-state index is 0.446. The molecule has 0 saturated carbocycles. The van der Waals surface area contributed by atoms with Crippen LogP contribution in [0.2, 0.25) is 9.50 Å². The van der Waals surface area contributed by atoms with Crippen LogP contribution in [0.1, 0.15) is 27.7 Å². The summed E-state index contributed by atoms with van der Waals surface area (Å²) in [5, 5.41) is 1.32. The number of hydrogen-bond donors (Lipinski definition) is 0. The Morgan fingerprint density at radius 2 is 1.23 bits per heavy atom. The molecule has 0 aromatic heterocycles. The molecule has 0 saturated heterocycles. The van der Waals surface area contributed by atoms with Crippen molar-refractivity contribution in [1.82, 2.24) is 7.71 Å². The molecular weight excluding hydrogens is 221 g/mol. The van der Waals surface area contributed by atoms with E-state index >= 15 is 0 Å². The third kappa shape index (κ3) is 2.28. The van der Waals surface area contributed by atoms with E-state index in [2.05, 4.69) is 63.6 Å². The topological polar surface area (TPSA) is 6.48 Å². The van der Waals surface area contributed by atoms with Crippen LogP contribution in [-0.2, 0) is 0 Å². The third-order valence-electron chi connectivity index (χ3n) is 3.17. The zero-order valence-corrected chi connectivity index (χ0v) is 12.7. The second kappa shape index (κ2) is 4.32. The SMILES string of the molecule is C[CH2][Ge]([N](C)C)([N](C)C)[C](C)(C)C. The van der Waals surface area contributed by atoms with Crippen LogP contribution in [0, 0.1) is 0 Å². The Morgan fingerprint density at radius 1 is 0.923 bits per heavy atom. The first-order chi connectivity index (χ1) is 5.70.